The molecule has 3 nitrogen and oxygen atoms in total. The summed E-state index contributed by atoms with van der Waals surface area (Å²) in [7, 11) is 0. The summed E-state index contributed by atoms with van der Waals surface area (Å²) in [6, 6.07) is 0. The highest BCUT2D eigenvalue weighted by molar-refractivity contribution is 6.00. The predicted octanol–water partition coefficient (Wildman–Crippen LogP) is 0.981. The molecule has 0 aromatic rings. The minimum absolute atomic E-state index is 0.0231. The van der Waals surface area contributed by atoms with Gasteiger partial charge in [-0.15, -0.1) is 0 Å². The first-order valence-corrected chi connectivity index (χ1v) is 4.13. The fourth-order valence-electron chi connectivity index (χ4n) is 1.73. The summed E-state index contributed by atoms with van der Waals surface area (Å²) in [5.74, 6) is 0.263. The number of Topliss-reactive ketones (excluding diaryl/α,β-unsaturated/α-hetero) is 1. The molecule has 64 valence electrons. The van der Waals surface area contributed by atoms with Crippen molar-refractivity contribution in [2.45, 2.75) is 31.3 Å². The van der Waals surface area contributed by atoms with E-state index in [1.807, 2.05) is 0 Å². The number of hydrogen-bond acceptors (Lipinski definition) is 3. The Kier molecular flexibility index (Phi) is 1.53. The van der Waals surface area contributed by atoms with Crippen LogP contribution in [0, 0.1) is 0 Å². The summed E-state index contributed by atoms with van der Waals surface area (Å²) < 4.78 is 5.26. The second kappa shape index (κ2) is 2.44. The average molecular weight is 166 g/mol. The molecule has 12 heavy (non-hydrogen) atoms. The van der Waals surface area contributed by atoms with Crippen LogP contribution in [0.3, 0.4) is 0 Å². The maximum atomic E-state index is 11.3. The molecule has 0 amide bonds. The molecule has 0 saturated heterocycles. The molecule has 0 bridgehead atoms. The zero-order chi connectivity index (χ0) is 8.60. The van der Waals surface area contributed by atoms with E-state index in [-0.39, 0.29) is 11.6 Å². The van der Waals surface area contributed by atoms with Crippen LogP contribution in [0.4, 0.5) is 0 Å². The zero-order valence-electron chi connectivity index (χ0n) is 6.71. The molecule has 1 aliphatic carbocycles. The minimum Gasteiger partial charge on any atom is -0.487 e. The van der Waals surface area contributed by atoms with Gasteiger partial charge in [-0.2, -0.15) is 0 Å². The monoisotopic (exact) mass is 166 g/mol. The third-order valence-corrected chi connectivity index (χ3v) is 2.58. The first kappa shape index (κ1) is 7.53. The molecule has 0 N–H and O–H groups in total. The van der Waals surface area contributed by atoms with Gasteiger partial charge in [-0.3, -0.25) is 9.59 Å². The number of hydrogen-bond donors (Lipinski definition) is 0. The minimum atomic E-state index is -0.659. The van der Waals surface area contributed by atoms with E-state index in [1.54, 1.807) is 0 Å². The lowest BCUT2D eigenvalue weighted by atomic mass is 9.82. The lowest BCUT2D eigenvalue weighted by molar-refractivity contribution is -0.136. The van der Waals surface area contributed by atoms with Crippen LogP contribution < -0.4 is 0 Å². The third-order valence-electron chi connectivity index (χ3n) is 2.58. The summed E-state index contributed by atoms with van der Waals surface area (Å²) in [6.45, 7) is 0. The highest BCUT2D eigenvalue weighted by Gasteiger charge is 2.44. The molecule has 1 fully saturated rings. The van der Waals surface area contributed by atoms with Gasteiger partial charge in [0.05, 0.1) is 6.26 Å². The van der Waals surface area contributed by atoms with Crippen molar-refractivity contribution in [1.29, 1.82) is 0 Å². The second-order valence-electron chi connectivity index (χ2n) is 3.32. The molecule has 1 aliphatic heterocycles. The van der Waals surface area contributed by atoms with Crippen LogP contribution in [0.15, 0.2) is 12.3 Å². The van der Waals surface area contributed by atoms with E-state index < -0.39 is 5.60 Å². The lowest BCUT2D eigenvalue weighted by Crippen LogP contribution is -2.40. The van der Waals surface area contributed by atoms with Gasteiger partial charge in [0.2, 0.25) is 5.78 Å². The number of ketones is 2. The molecule has 0 unspecified atom stereocenters. The average Bonchev–Trinajstić information content (AvgIpc) is 2.41. The van der Waals surface area contributed by atoms with E-state index >= 15 is 0 Å². The normalized spacial score (nSPS) is 26.3. The van der Waals surface area contributed by atoms with Crippen LogP contribution in [-0.2, 0) is 14.3 Å². The van der Waals surface area contributed by atoms with E-state index in [1.165, 1.54) is 12.3 Å². The summed E-state index contributed by atoms with van der Waals surface area (Å²) in [5.41, 5.74) is -0.659. The van der Waals surface area contributed by atoms with E-state index in [2.05, 4.69) is 0 Å². The Bertz CT molecular complexity index is 255. The van der Waals surface area contributed by atoms with Gasteiger partial charge in [0.15, 0.2) is 5.60 Å². The highest BCUT2D eigenvalue weighted by atomic mass is 16.5. The SMILES string of the molecule is O=C1CCC2(CC1)OC=CC2=O. The van der Waals surface area contributed by atoms with Crippen molar-refractivity contribution in [2.75, 3.05) is 0 Å². The first-order chi connectivity index (χ1) is 5.73. The summed E-state index contributed by atoms with van der Waals surface area (Å²) >= 11 is 0. The van der Waals surface area contributed by atoms with Gasteiger partial charge in [0.1, 0.15) is 5.78 Å². The molecular weight excluding hydrogens is 156 g/mol. The van der Waals surface area contributed by atoms with Crippen LogP contribution in [-0.4, -0.2) is 17.2 Å². The van der Waals surface area contributed by atoms with E-state index in [0.29, 0.717) is 25.7 Å². The van der Waals surface area contributed by atoms with Gasteiger partial charge in [-0.05, 0) is 0 Å². The third kappa shape index (κ3) is 0.967. The molecule has 0 aromatic heterocycles. The van der Waals surface area contributed by atoms with E-state index in [9.17, 15) is 9.59 Å². The molecular formula is C9H10O3. The van der Waals surface area contributed by atoms with Gasteiger partial charge in [0, 0.05) is 31.8 Å². The Morgan fingerprint density at radius 2 is 1.92 bits per heavy atom. The molecule has 2 rings (SSSR count). The van der Waals surface area contributed by atoms with Gasteiger partial charge in [0.25, 0.3) is 0 Å². The number of ether oxygens (including phenoxy) is 1. The van der Waals surface area contributed by atoms with Gasteiger partial charge < -0.3 is 4.74 Å². The summed E-state index contributed by atoms with van der Waals surface area (Å²) in [5, 5.41) is 0. The molecule has 1 heterocycles. The Hall–Kier alpha value is -1.12. The van der Waals surface area contributed by atoms with Crippen molar-refractivity contribution in [3.05, 3.63) is 12.3 Å². The van der Waals surface area contributed by atoms with Crippen molar-refractivity contribution in [1.82, 2.24) is 0 Å². The van der Waals surface area contributed by atoms with E-state index in [4.69, 9.17) is 4.74 Å². The first-order valence-electron chi connectivity index (χ1n) is 4.13. The van der Waals surface area contributed by atoms with Crippen LogP contribution in [0.25, 0.3) is 0 Å². The van der Waals surface area contributed by atoms with Crippen molar-refractivity contribution in [3.63, 3.8) is 0 Å². The van der Waals surface area contributed by atoms with Gasteiger partial charge >= 0.3 is 0 Å². The van der Waals surface area contributed by atoms with Gasteiger partial charge in [-0.25, -0.2) is 0 Å². The molecule has 0 radical (unpaired) electrons. The predicted molar refractivity (Wildman–Crippen MR) is 41.4 cm³/mol. The van der Waals surface area contributed by atoms with E-state index in [0.717, 1.165) is 0 Å². The molecule has 3 heteroatoms. The molecule has 0 atom stereocenters. The molecule has 2 aliphatic rings. The van der Waals surface area contributed by atoms with Crippen molar-refractivity contribution in [2.24, 2.45) is 0 Å². The Labute approximate surface area is 70.4 Å². The van der Waals surface area contributed by atoms with Crippen molar-refractivity contribution < 1.29 is 14.3 Å². The fourth-order valence-corrected chi connectivity index (χ4v) is 1.73. The Balaban J connectivity index is 2.14. The fraction of sp³-hybridized carbons (Fsp3) is 0.556. The second-order valence-corrected chi connectivity index (χ2v) is 3.32. The maximum Gasteiger partial charge on any atom is 0.202 e. The van der Waals surface area contributed by atoms with Gasteiger partial charge in [-0.1, -0.05) is 0 Å². The Morgan fingerprint density at radius 1 is 1.25 bits per heavy atom. The number of carbonyl (C=O) groups excluding carboxylic acids is 2. The number of carbonyl (C=O) groups is 2. The highest BCUT2D eigenvalue weighted by Crippen LogP contribution is 2.34. The summed E-state index contributed by atoms with van der Waals surface area (Å²) in [4.78, 5) is 22.3. The summed E-state index contributed by atoms with van der Waals surface area (Å²) in [6.07, 6.45) is 4.96. The van der Waals surface area contributed by atoms with Crippen LogP contribution in [0.2, 0.25) is 0 Å². The molecule has 0 aromatic carbocycles. The zero-order valence-corrected chi connectivity index (χ0v) is 6.71. The van der Waals surface area contributed by atoms with Crippen molar-refractivity contribution >= 4 is 11.6 Å². The standard InChI is InChI=1S/C9H10O3/c10-7-1-4-9(5-2-7)8(11)3-6-12-9/h3,6H,1-2,4-5H2. The van der Waals surface area contributed by atoms with Crippen LogP contribution in [0.5, 0.6) is 0 Å². The topological polar surface area (TPSA) is 43.4 Å². The van der Waals surface area contributed by atoms with Crippen LogP contribution >= 0.6 is 0 Å². The quantitative estimate of drug-likeness (QED) is 0.538. The maximum absolute atomic E-state index is 11.3. The molecule has 1 spiro atoms. The van der Waals surface area contributed by atoms with Crippen LogP contribution in [0.1, 0.15) is 25.7 Å². The van der Waals surface area contributed by atoms with Crippen molar-refractivity contribution in [3.8, 4) is 0 Å². The molecule has 1 saturated carbocycles. The largest absolute Gasteiger partial charge is 0.487 e. The number of rotatable bonds is 0. The lowest BCUT2D eigenvalue weighted by Gasteiger charge is -2.29. The smallest absolute Gasteiger partial charge is 0.202 e. The Morgan fingerprint density at radius 3 is 2.42 bits per heavy atom.